The Balaban J connectivity index is 1.72. The van der Waals surface area contributed by atoms with Crippen molar-refractivity contribution in [1.82, 2.24) is 9.96 Å². The maximum Gasteiger partial charge on any atom is 0.245 e. The molecule has 1 heterocycles. The summed E-state index contributed by atoms with van der Waals surface area (Å²) < 4.78 is 11.4. The lowest BCUT2D eigenvalue weighted by Gasteiger charge is -2.29. The highest BCUT2D eigenvalue weighted by Crippen LogP contribution is 2.29. The van der Waals surface area contributed by atoms with Crippen LogP contribution in [0.15, 0.2) is 54.6 Å². The number of benzene rings is 2. The van der Waals surface area contributed by atoms with E-state index in [4.69, 9.17) is 14.3 Å². The third-order valence-electron chi connectivity index (χ3n) is 5.62. The van der Waals surface area contributed by atoms with Gasteiger partial charge in [0, 0.05) is 20.0 Å². The van der Waals surface area contributed by atoms with Crippen molar-refractivity contribution in [1.29, 1.82) is 0 Å². The minimum atomic E-state index is -0.272. The van der Waals surface area contributed by atoms with Crippen molar-refractivity contribution in [3.05, 3.63) is 65.7 Å². The van der Waals surface area contributed by atoms with Crippen molar-refractivity contribution in [3.63, 3.8) is 0 Å². The highest BCUT2D eigenvalue weighted by Gasteiger charge is 2.40. The van der Waals surface area contributed by atoms with Crippen molar-refractivity contribution in [2.45, 2.75) is 44.6 Å². The second kappa shape index (κ2) is 10.9. The zero-order valence-corrected chi connectivity index (χ0v) is 18.3. The topological polar surface area (TPSA) is 68.3 Å². The van der Waals surface area contributed by atoms with E-state index in [0.717, 1.165) is 16.9 Å². The van der Waals surface area contributed by atoms with Crippen LogP contribution in [0.4, 0.5) is 0 Å². The summed E-state index contributed by atoms with van der Waals surface area (Å²) in [5.41, 5.74) is 2.06. The lowest BCUT2D eigenvalue weighted by molar-refractivity contribution is -0.169. The molecule has 0 unspecified atom stereocenters. The van der Waals surface area contributed by atoms with Gasteiger partial charge < -0.3 is 14.4 Å². The maximum atomic E-state index is 12.9. The molecule has 2 amide bonds. The van der Waals surface area contributed by atoms with E-state index >= 15 is 0 Å². The third-order valence-corrected chi connectivity index (χ3v) is 5.62. The Bertz CT molecular complexity index is 856. The van der Waals surface area contributed by atoms with Crippen LogP contribution in [0.25, 0.3) is 0 Å². The summed E-state index contributed by atoms with van der Waals surface area (Å²) in [5.74, 6) is 0.671. The quantitative estimate of drug-likeness (QED) is 0.546. The summed E-state index contributed by atoms with van der Waals surface area (Å²) in [4.78, 5) is 32.0. The number of nitrogens with zero attached hydrogens (tertiary/aromatic N) is 2. The molecule has 0 radical (unpaired) electrons. The second-order valence-corrected chi connectivity index (χ2v) is 7.59. The van der Waals surface area contributed by atoms with Crippen LogP contribution in [-0.4, -0.2) is 55.2 Å². The zero-order valence-electron chi connectivity index (χ0n) is 18.3. The van der Waals surface area contributed by atoms with Crippen LogP contribution < -0.4 is 4.74 Å². The molecule has 2 aromatic rings. The van der Waals surface area contributed by atoms with Gasteiger partial charge >= 0.3 is 0 Å². The van der Waals surface area contributed by atoms with E-state index in [1.807, 2.05) is 59.5 Å². The highest BCUT2D eigenvalue weighted by atomic mass is 16.7. The van der Waals surface area contributed by atoms with Gasteiger partial charge in [-0.25, -0.2) is 5.06 Å². The van der Waals surface area contributed by atoms with Crippen LogP contribution in [0.2, 0.25) is 0 Å². The van der Waals surface area contributed by atoms with Gasteiger partial charge in [-0.2, -0.15) is 0 Å². The number of ether oxygens (including phenoxy) is 2. The molecule has 31 heavy (non-hydrogen) atoms. The van der Waals surface area contributed by atoms with E-state index in [0.29, 0.717) is 26.0 Å². The third kappa shape index (κ3) is 6.06. The van der Waals surface area contributed by atoms with Crippen LogP contribution >= 0.6 is 0 Å². The van der Waals surface area contributed by atoms with Gasteiger partial charge in [0.15, 0.2) is 0 Å². The fourth-order valence-electron chi connectivity index (χ4n) is 3.76. The normalized spacial score (nSPS) is 18.3. The van der Waals surface area contributed by atoms with Crippen molar-refractivity contribution in [3.8, 4) is 5.75 Å². The van der Waals surface area contributed by atoms with Crippen molar-refractivity contribution < 1.29 is 23.9 Å². The van der Waals surface area contributed by atoms with Gasteiger partial charge in [-0.05, 0) is 29.7 Å². The number of hydroxylamine groups is 2. The number of rotatable bonds is 10. The SMILES string of the molecule is COc1ccc(CN2C(=O)C[C@@H](OCc3ccccc3)[C@@H]2CCC(=O)N(C)OC)cc1. The molecule has 0 N–H and O–H groups in total. The van der Waals surface area contributed by atoms with Crippen LogP contribution in [-0.2, 0) is 32.3 Å². The van der Waals surface area contributed by atoms with Gasteiger partial charge in [0.1, 0.15) is 5.75 Å². The lowest BCUT2D eigenvalue weighted by Crippen LogP contribution is -2.38. The van der Waals surface area contributed by atoms with Crippen LogP contribution in [0.3, 0.4) is 0 Å². The number of methoxy groups -OCH3 is 1. The Labute approximate surface area is 183 Å². The largest absolute Gasteiger partial charge is 0.497 e. The van der Waals surface area contributed by atoms with Crippen molar-refractivity contribution in [2.75, 3.05) is 21.3 Å². The molecule has 1 aliphatic heterocycles. The molecule has 2 atom stereocenters. The Morgan fingerprint density at radius 3 is 2.42 bits per heavy atom. The molecule has 0 bridgehead atoms. The summed E-state index contributed by atoms with van der Waals surface area (Å²) in [7, 11) is 4.66. The molecule has 3 rings (SSSR count). The van der Waals surface area contributed by atoms with Gasteiger partial charge in [0.05, 0.1) is 39.4 Å². The Morgan fingerprint density at radius 2 is 1.77 bits per heavy atom. The van der Waals surface area contributed by atoms with Gasteiger partial charge in [-0.3, -0.25) is 14.4 Å². The van der Waals surface area contributed by atoms with Crippen LogP contribution in [0, 0.1) is 0 Å². The fraction of sp³-hybridized carbons (Fsp3) is 0.417. The lowest BCUT2D eigenvalue weighted by atomic mass is 10.0. The first kappa shape index (κ1) is 22.8. The van der Waals surface area contributed by atoms with Gasteiger partial charge in [0.2, 0.25) is 11.8 Å². The number of carbonyl (C=O) groups excluding carboxylic acids is 2. The molecule has 1 fully saturated rings. The number of hydrogen-bond acceptors (Lipinski definition) is 5. The second-order valence-electron chi connectivity index (χ2n) is 7.59. The number of hydrogen-bond donors (Lipinski definition) is 0. The number of likely N-dealkylation sites (tertiary alicyclic amines) is 1. The van der Waals surface area contributed by atoms with E-state index in [9.17, 15) is 9.59 Å². The molecule has 166 valence electrons. The molecule has 0 aliphatic carbocycles. The first-order valence-electron chi connectivity index (χ1n) is 10.4. The van der Waals surface area contributed by atoms with Crippen molar-refractivity contribution in [2.24, 2.45) is 0 Å². The number of carbonyl (C=O) groups is 2. The molecule has 7 nitrogen and oxygen atoms in total. The van der Waals surface area contributed by atoms with E-state index in [2.05, 4.69) is 0 Å². The van der Waals surface area contributed by atoms with Crippen LogP contribution in [0.5, 0.6) is 5.75 Å². The van der Waals surface area contributed by atoms with Crippen LogP contribution in [0.1, 0.15) is 30.4 Å². The van der Waals surface area contributed by atoms with Gasteiger partial charge in [-0.1, -0.05) is 42.5 Å². The fourth-order valence-corrected chi connectivity index (χ4v) is 3.76. The van der Waals surface area contributed by atoms with E-state index in [-0.39, 0.29) is 30.4 Å². The molecular weight excluding hydrogens is 396 g/mol. The summed E-state index contributed by atoms with van der Waals surface area (Å²) in [6.45, 7) is 0.893. The molecular formula is C24H30N2O5. The van der Waals surface area contributed by atoms with Gasteiger partial charge in [0.25, 0.3) is 0 Å². The summed E-state index contributed by atoms with van der Waals surface area (Å²) in [6, 6.07) is 17.4. The average molecular weight is 427 g/mol. The standard InChI is InChI=1S/C24H30N2O5/c1-25(30-3)23(27)14-13-21-22(31-17-19-7-5-4-6-8-19)15-24(28)26(21)16-18-9-11-20(29-2)12-10-18/h4-12,21-22H,13-17H2,1-3H3/t21-,22+/m0/s1. The minimum absolute atomic E-state index is 0.0337. The minimum Gasteiger partial charge on any atom is -0.497 e. The molecule has 0 saturated carbocycles. The summed E-state index contributed by atoms with van der Waals surface area (Å²) in [5, 5.41) is 1.21. The Hall–Kier alpha value is -2.90. The van der Waals surface area contributed by atoms with E-state index in [1.54, 1.807) is 14.2 Å². The predicted molar refractivity (Wildman–Crippen MR) is 116 cm³/mol. The molecule has 2 aromatic carbocycles. The zero-order chi connectivity index (χ0) is 22.2. The Morgan fingerprint density at radius 1 is 1.06 bits per heavy atom. The summed E-state index contributed by atoms with van der Waals surface area (Å²) >= 11 is 0. The Kier molecular flexibility index (Phi) is 8.03. The maximum absolute atomic E-state index is 12.9. The first-order chi connectivity index (χ1) is 15.0. The molecule has 1 aliphatic rings. The molecule has 0 spiro atoms. The van der Waals surface area contributed by atoms with E-state index in [1.165, 1.54) is 12.2 Å². The molecule has 1 saturated heterocycles. The van der Waals surface area contributed by atoms with Gasteiger partial charge in [-0.15, -0.1) is 0 Å². The van der Waals surface area contributed by atoms with E-state index < -0.39 is 0 Å². The smallest absolute Gasteiger partial charge is 0.245 e. The summed E-state index contributed by atoms with van der Waals surface area (Å²) in [6.07, 6.45) is 0.814. The highest BCUT2D eigenvalue weighted by molar-refractivity contribution is 5.80. The molecule has 0 aromatic heterocycles. The predicted octanol–water partition coefficient (Wildman–Crippen LogP) is 3.18. The van der Waals surface area contributed by atoms with Crippen molar-refractivity contribution >= 4 is 11.8 Å². The monoisotopic (exact) mass is 426 g/mol. The average Bonchev–Trinajstić information content (AvgIpc) is 3.10. The number of amides is 2. The molecule has 7 heteroatoms. The first-order valence-corrected chi connectivity index (χ1v) is 10.4.